The molecule has 5 heteroatoms. The van der Waals surface area contributed by atoms with Crippen LogP contribution >= 0.6 is 0 Å². The van der Waals surface area contributed by atoms with Gasteiger partial charge in [0, 0.05) is 46.2 Å². The van der Waals surface area contributed by atoms with Crippen molar-refractivity contribution in [3.8, 4) is 0 Å². The van der Waals surface area contributed by atoms with E-state index in [1.807, 2.05) is 7.05 Å². The number of nitrogens with one attached hydrogen (secondary N) is 1. The number of aliphatic hydroxyl groups is 1. The van der Waals surface area contributed by atoms with Crippen molar-refractivity contribution in [3.63, 3.8) is 0 Å². The summed E-state index contributed by atoms with van der Waals surface area (Å²) < 4.78 is 5.29. The van der Waals surface area contributed by atoms with Gasteiger partial charge < -0.3 is 20.1 Å². The fourth-order valence-electron chi connectivity index (χ4n) is 2.10. The zero-order valence-electron chi connectivity index (χ0n) is 12.6. The third-order valence-corrected chi connectivity index (χ3v) is 3.49. The van der Waals surface area contributed by atoms with Crippen LogP contribution in [-0.2, 0) is 4.74 Å². The molecule has 1 aliphatic heterocycles. The van der Waals surface area contributed by atoms with Crippen LogP contribution in [0.1, 0.15) is 39.5 Å². The molecule has 0 amide bonds. The van der Waals surface area contributed by atoms with Gasteiger partial charge in [-0.1, -0.05) is 13.3 Å². The molecule has 0 saturated carbocycles. The van der Waals surface area contributed by atoms with Crippen molar-refractivity contribution < 1.29 is 9.84 Å². The Labute approximate surface area is 117 Å². The van der Waals surface area contributed by atoms with Gasteiger partial charge in [-0.05, 0) is 13.3 Å². The van der Waals surface area contributed by atoms with Gasteiger partial charge in [-0.25, -0.2) is 0 Å². The highest BCUT2D eigenvalue weighted by atomic mass is 16.5. The molecule has 0 unspecified atom stereocenters. The SMILES string of the molecule is CCCCN(C)C(=NCC1(O)CCOCC1)NCC. The molecule has 0 aliphatic carbocycles. The molecule has 2 N–H and O–H groups in total. The summed E-state index contributed by atoms with van der Waals surface area (Å²) in [4.78, 5) is 6.72. The first-order chi connectivity index (χ1) is 9.11. The lowest BCUT2D eigenvalue weighted by atomic mass is 9.95. The van der Waals surface area contributed by atoms with E-state index in [-0.39, 0.29) is 0 Å². The molecule has 1 saturated heterocycles. The molecule has 0 aromatic rings. The zero-order chi connectivity index (χ0) is 14.1. The summed E-state index contributed by atoms with van der Waals surface area (Å²) in [6.07, 6.45) is 3.67. The molecule has 5 nitrogen and oxygen atoms in total. The Kier molecular flexibility index (Phi) is 7.16. The van der Waals surface area contributed by atoms with Crippen LogP contribution in [0.25, 0.3) is 0 Å². The van der Waals surface area contributed by atoms with Crippen molar-refractivity contribution in [1.29, 1.82) is 0 Å². The molecule has 0 aromatic heterocycles. The molecule has 1 heterocycles. The largest absolute Gasteiger partial charge is 0.388 e. The fraction of sp³-hybridized carbons (Fsp3) is 0.929. The van der Waals surface area contributed by atoms with Crippen molar-refractivity contribution in [2.45, 2.75) is 45.1 Å². The molecule has 112 valence electrons. The minimum atomic E-state index is -0.690. The minimum absolute atomic E-state index is 0.454. The lowest BCUT2D eigenvalue weighted by Crippen LogP contribution is -2.43. The Morgan fingerprint density at radius 2 is 2.05 bits per heavy atom. The van der Waals surface area contributed by atoms with Crippen LogP contribution in [0.2, 0.25) is 0 Å². The van der Waals surface area contributed by atoms with Gasteiger partial charge in [0.25, 0.3) is 0 Å². The quantitative estimate of drug-likeness (QED) is 0.563. The minimum Gasteiger partial charge on any atom is -0.388 e. The maximum atomic E-state index is 10.4. The van der Waals surface area contributed by atoms with Gasteiger partial charge in [0.2, 0.25) is 0 Å². The highest BCUT2D eigenvalue weighted by Gasteiger charge is 2.29. The summed E-state index contributed by atoms with van der Waals surface area (Å²) in [5, 5.41) is 13.7. The predicted molar refractivity (Wildman–Crippen MR) is 78.5 cm³/mol. The molecule has 0 radical (unpaired) electrons. The second-order valence-corrected chi connectivity index (χ2v) is 5.28. The number of guanidine groups is 1. The molecule has 1 rings (SSSR count). The third-order valence-electron chi connectivity index (χ3n) is 3.49. The summed E-state index contributed by atoms with van der Waals surface area (Å²) in [6, 6.07) is 0. The van der Waals surface area contributed by atoms with Crippen LogP contribution in [0.3, 0.4) is 0 Å². The molecule has 1 aliphatic rings. The number of aliphatic imine (C=N–C) groups is 1. The number of ether oxygens (including phenoxy) is 1. The van der Waals surface area contributed by atoms with E-state index < -0.39 is 5.60 Å². The van der Waals surface area contributed by atoms with Crippen LogP contribution in [-0.4, -0.2) is 61.5 Å². The van der Waals surface area contributed by atoms with Crippen molar-refractivity contribution in [3.05, 3.63) is 0 Å². The first kappa shape index (κ1) is 16.2. The first-order valence-corrected chi connectivity index (χ1v) is 7.41. The van der Waals surface area contributed by atoms with Gasteiger partial charge in [-0.15, -0.1) is 0 Å². The van der Waals surface area contributed by atoms with E-state index in [9.17, 15) is 5.11 Å². The Hall–Kier alpha value is -0.810. The number of rotatable bonds is 6. The number of unbranched alkanes of at least 4 members (excludes halogenated alkanes) is 1. The molecule has 0 bridgehead atoms. The van der Waals surface area contributed by atoms with Crippen molar-refractivity contribution in [1.82, 2.24) is 10.2 Å². The number of hydrogen-bond acceptors (Lipinski definition) is 3. The van der Waals surface area contributed by atoms with Gasteiger partial charge in [0.15, 0.2) is 5.96 Å². The van der Waals surface area contributed by atoms with Crippen molar-refractivity contribution in [2.75, 3.05) is 39.9 Å². The average molecular weight is 271 g/mol. The van der Waals surface area contributed by atoms with Gasteiger partial charge in [-0.3, -0.25) is 4.99 Å². The smallest absolute Gasteiger partial charge is 0.193 e. The van der Waals surface area contributed by atoms with Crippen LogP contribution < -0.4 is 5.32 Å². The Morgan fingerprint density at radius 1 is 1.37 bits per heavy atom. The van der Waals surface area contributed by atoms with E-state index in [0.717, 1.165) is 25.5 Å². The van der Waals surface area contributed by atoms with E-state index in [4.69, 9.17) is 4.74 Å². The van der Waals surface area contributed by atoms with Crippen LogP contribution in [0.4, 0.5) is 0 Å². The molecule has 19 heavy (non-hydrogen) atoms. The van der Waals surface area contributed by atoms with E-state index in [2.05, 4.69) is 29.1 Å². The van der Waals surface area contributed by atoms with Crippen molar-refractivity contribution >= 4 is 5.96 Å². The summed E-state index contributed by atoms with van der Waals surface area (Å²) in [5.74, 6) is 0.885. The molecular formula is C14H29N3O2. The van der Waals surface area contributed by atoms with E-state index in [0.29, 0.717) is 32.6 Å². The zero-order valence-corrected chi connectivity index (χ0v) is 12.6. The highest BCUT2D eigenvalue weighted by molar-refractivity contribution is 5.79. The summed E-state index contributed by atoms with van der Waals surface area (Å²) in [7, 11) is 2.05. The van der Waals surface area contributed by atoms with Gasteiger partial charge >= 0.3 is 0 Å². The average Bonchev–Trinajstić information content (AvgIpc) is 2.41. The monoisotopic (exact) mass is 271 g/mol. The Morgan fingerprint density at radius 3 is 2.63 bits per heavy atom. The summed E-state index contributed by atoms with van der Waals surface area (Å²) >= 11 is 0. The predicted octanol–water partition coefficient (Wildman–Crippen LogP) is 1.23. The summed E-state index contributed by atoms with van der Waals surface area (Å²) in [6.45, 7) is 7.80. The van der Waals surface area contributed by atoms with Gasteiger partial charge in [0.1, 0.15) is 0 Å². The van der Waals surface area contributed by atoms with Gasteiger partial charge in [0.05, 0.1) is 12.1 Å². The lowest BCUT2D eigenvalue weighted by Gasteiger charge is -2.31. The standard InChI is InChI=1S/C14H29N3O2/c1-4-6-9-17(3)13(15-5-2)16-12-14(18)7-10-19-11-8-14/h18H,4-12H2,1-3H3,(H,15,16). The van der Waals surface area contributed by atoms with E-state index >= 15 is 0 Å². The van der Waals surface area contributed by atoms with Crippen LogP contribution in [0.15, 0.2) is 4.99 Å². The molecule has 0 aromatic carbocycles. The number of nitrogens with zero attached hydrogens (tertiary/aromatic N) is 2. The van der Waals surface area contributed by atoms with Gasteiger partial charge in [-0.2, -0.15) is 0 Å². The second kappa shape index (κ2) is 8.38. The second-order valence-electron chi connectivity index (χ2n) is 5.28. The molecule has 1 fully saturated rings. The third kappa shape index (κ3) is 5.78. The fourth-order valence-corrected chi connectivity index (χ4v) is 2.10. The van der Waals surface area contributed by atoms with Crippen molar-refractivity contribution in [2.24, 2.45) is 4.99 Å². The highest BCUT2D eigenvalue weighted by Crippen LogP contribution is 2.20. The Balaban J connectivity index is 2.55. The van der Waals surface area contributed by atoms with Crippen LogP contribution in [0, 0.1) is 0 Å². The Bertz CT molecular complexity index is 276. The molecule has 0 spiro atoms. The maximum absolute atomic E-state index is 10.4. The first-order valence-electron chi connectivity index (χ1n) is 7.41. The van der Waals surface area contributed by atoms with E-state index in [1.54, 1.807) is 0 Å². The number of hydrogen-bond donors (Lipinski definition) is 2. The summed E-state index contributed by atoms with van der Waals surface area (Å²) in [5.41, 5.74) is -0.690. The lowest BCUT2D eigenvalue weighted by molar-refractivity contribution is -0.0566. The van der Waals surface area contributed by atoms with Crippen LogP contribution in [0.5, 0.6) is 0 Å². The normalized spacial score (nSPS) is 19.3. The van der Waals surface area contributed by atoms with E-state index in [1.165, 1.54) is 6.42 Å². The maximum Gasteiger partial charge on any atom is 0.193 e. The topological polar surface area (TPSA) is 57.1 Å². The molecule has 0 atom stereocenters. The molecular weight excluding hydrogens is 242 g/mol.